The van der Waals surface area contributed by atoms with Gasteiger partial charge in [-0.05, 0) is 49.8 Å². The Morgan fingerprint density at radius 1 is 1.08 bits per heavy atom. The minimum Gasteiger partial charge on any atom is -0.497 e. The minimum atomic E-state index is 0.225. The first-order valence-electron chi connectivity index (χ1n) is 9.47. The molecule has 2 aliphatic rings. The van der Waals surface area contributed by atoms with E-state index in [4.69, 9.17) is 9.15 Å². The number of benzene rings is 1. The van der Waals surface area contributed by atoms with Gasteiger partial charge in [0.2, 0.25) is 17.7 Å². The van der Waals surface area contributed by atoms with Crippen molar-refractivity contribution in [3.8, 4) is 5.75 Å². The Morgan fingerprint density at radius 2 is 1.69 bits per heavy atom. The van der Waals surface area contributed by atoms with Crippen LogP contribution in [0.15, 0.2) is 28.7 Å². The number of likely N-dealkylation sites (tertiary alicyclic amines) is 1. The summed E-state index contributed by atoms with van der Waals surface area (Å²) >= 11 is 0. The second-order valence-electron chi connectivity index (χ2n) is 7.26. The minimum absolute atomic E-state index is 0.225. The van der Waals surface area contributed by atoms with Gasteiger partial charge in [-0.3, -0.25) is 4.79 Å². The lowest BCUT2D eigenvalue weighted by molar-refractivity contribution is -0.132. The smallest absolute Gasteiger partial charge is 0.222 e. The fourth-order valence-corrected chi connectivity index (χ4v) is 3.48. The molecule has 1 aromatic carbocycles. The summed E-state index contributed by atoms with van der Waals surface area (Å²) in [5.41, 5.74) is 1.16. The second-order valence-corrected chi connectivity index (χ2v) is 7.26. The highest BCUT2D eigenvalue weighted by Crippen LogP contribution is 2.40. The van der Waals surface area contributed by atoms with Crippen molar-refractivity contribution in [2.75, 3.05) is 20.2 Å². The van der Waals surface area contributed by atoms with Gasteiger partial charge in [0.05, 0.1) is 7.11 Å². The van der Waals surface area contributed by atoms with Gasteiger partial charge in [-0.25, -0.2) is 0 Å². The molecule has 1 saturated heterocycles. The quantitative estimate of drug-likeness (QED) is 0.795. The van der Waals surface area contributed by atoms with Crippen molar-refractivity contribution in [1.29, 1.82) is 0 Å². The molecule has 1 aliphatic heterocycles. The number of hydrogen-bond acceptors (Lipinski definition) is 5. The lowest BCUT2D eigenvalue weighted by Gasteiger charge is -2.30. The summed E-state index contributed by atoms with van der Waals surface area (Å²) < 4.78 is 11.0. The van der Waals surface area contributed by atoms with Gasteiger partial charge in [-0.2, -0.15) is 0 Å². The number of methoxy groups -OCH3 is 1. The third-order valence-corrected chi connectivity index (χ3v) is 5.37. The van der Waals surface area contributed by atoms with Gasteiger partial charge >= 0.3 is 0 Å². The summed E-state index contributed by atoms with van der Waals surface area (Å²) in [4.78, 5) is 14.5. The molecule has 2 heterocycles. The van der Waals surface area contributed by atoms with Crippen molar-refractivity contribution in [3.63, 3.8) is 0 Å². The summed E-state index contributed by atoms with van der Waals surface area (Å²) in [5, 5.41) is 8.41. The van der Waals surface area contributed by atoms with Crippen LogP contribution in [0.4, 0.5) is 0 Å². The molecule has 6 nitrogen and oxygen atoms in total. The second kappa shape index (κ2) is 7.48. The Kier molecular flexibility index (Phi) is 4.91. The van der Waals surface area contributed by atoms with Crippen molar-refractivity contribution in [2.24, 2.45) is 0 Å². The largest absolute Gasteiger partial charge is 0.497 e. The Morgan fingerprint density at radius 3 is 2.27 bits per heavy atom. The highest BCUT2D eigenvalue weighted by Gasteiger charge is 2.32. The number of hydrogen-bond donors (Lipinski definition) is 0. The standard InChI is InChI=1S/C20H25N3O3/c1-25-17-7-2-14(3-8-17)4-9-18(24)23-12-10-16(11-13-23)20-22-21-19(26-20)15-5-6-15/h2-3,7-8,15-16H,4-6,9-13H2,1H3. The topological polar surface area (TPSA) is 68.5 Å². The van der Waals surface area contributed by atoms with Crippen LogP contribution in [0.5, 0.6) is 5.75 Å². The normalized spacial score (nSPS) is 18.1. The summed E-state index contributed by atoms with van der Waals surface area (Å²) in [6.07, 6.45) is 5.45. The molecule has 0 spiro atoms. The SMILES string of the molecule is COc1ccc(CCC(=O)N2CCC(c3nnc(C4CC4)o3)CC2)cc1. The number of ether oxygens (including phenoxy) is 1. The van der Waals surface area contributed by atoms with Crippen molar-refractivity contribution < 1.29 is 13.9 Å². The number of nitrogens with zero attached hydrogens (tertiary/aromatic N) is 3. The average Bonchev–Trinajstić information content (AvgIpc) is 3.43. The van der Waals surface area contributed by atoms with Gasteiger partial charge in [0.25, 0.3) is 0 Å². The van der Waals surface area contributed by atoms with E-state index < -0.39 is 0 Å². The van der Waals surface area contributed by atoms with Gasteiger partial charge in [0.1, 0.15) is 5.75 Å². The zero-order valence-electron chi connectivity index (χ0n) is 15.2. The maximum Gasteiger partial charge on any atom is 0.222 e. The van der Waals surface area contributed by atoms with E-state index >= 15 is 0 Å². The zero-order valence-corrected chi connectivity index (χ0v) is 15.2. The van der Waals surface area contributed by atoms with Crippen LogP contribution in [-0.4, -0.2) is 41.2 Å². The van der Waals surface area contributed by atoms with E-state index in [-0.39, 0.29) is 5.91 Å². The Balaban J connectivity index is 1.24. The first kappa shape index (κ1) is 17.1. The van der Waals surface area contributed by atoms with Crippen LogP contribution < -0.4 is 4.74 Å². The van der Waals surface area contributed by atoms with Gasteiger partial charge in [-0.1, -0.05) is 12.1 Å². The highest BCUT2D eigenvalue weighted by atomic mass is 16.5. The molecule has 4 rings (SSSR count). The number of carbonyl (C=O) groups is 1. The van der Waals surface area contributed by atoms with Crippen LogP contribution in [-0.2, 0) is 11.2 Å². The first-order chi connectivity index (χ1) is 12.7. The van der Waals surface area contributed by atoms with Gasteiger partial charge in [-0.15, -0.1) is 10.2 Å². The summed E-state index contributed by atoms with van der Waals surface area (Å²) in [6.45, 7) is 1.54. The third-order valence-electron chi connectivity index (χ3n) is 5.37. The van der Waals surface area contributed by atoms with Crippen LogP contribution in [0.2, 0.25) is 0 Å². The van der Waals surface area contributed by atoms with Crippen molar-refractivity contribution >= 4 is 5.91 Å². The monoisotopic (exact) mass is 355 g/mol. The maximum atomic E-state index is 12.5. The van der Waals surface area contributed by atoms with E-state index in [2.05, 4.69) is 10.2 Å². The molecule has 0 atom stereocenters. The molecule has 1 saturated carbocycles. The molecule has 138 valence electrons. The van der Waals surface area contributed by atoms with E-state index in [1.54, 1.807) is 7.11 Å². The first-order valence-corrected chi connectivity index (χ1v) is 9.47. The predicted molar refractivity (Wildman–Crippen MR) is 96.1 cm³/mol. The number of aromatic nitrogens is 2. The third kappa shape index (κ3) is 3.89. The van der Waals surface area contributed by atoms with Crippen LogP contribution >= 0.6 is 0 Å². The molecule has 0 N–H and O–H groups in total. The predicted octanol–water partition coefficient (Wildman–Crippen LogP) is 3.29. The summed E-state index contributed by atoms with van der Waals surface area (Å²) in [6, 6.07) is 7.91. The molecule has 1 aromatic heterocycles. The van der Waals surface area contributed by atoms with Crippen molar-refractivity contribution in [2.45, 2.75) is 50.4 Å². The number of piperidine rings is 1. The summed E-state index contributed by atoms with van der Waals surface area (Å²) in [7, 11) is 1.66. The van der Waals surface area contributed by atoms with E-state index in [1.165, 1.54) is 12.8 Å². The van der Waals surface area contributed by atoms with Crippen molar-refractivity contribution in [1.82, 2.24) is 15.1 Å². The lowest BCUT2D eigenvalue weighted by Crippen LogP contribution is -2.38. The molecule has 2 aromatic rings. The zero-order chi connectivity index (χ0) is 17.9. The number of aryl methyl sites for hydroxylation is 1. The molecule has 2 fully saturated rings. The van der Waals surface area contributed by atoms with Crippen LogP contribution in [0.1, 0.15) is 61.3 Å². The molecule has 0 unspecified atom stereocenters. The molecular formula is C20H25N3O3. The van der Waals surface area contributed by atoms with E-state index in [0.29, 0.717) is 18.3 Å². The number of carbonyl (C=O) groups excluding carboxylic acids is 1. The van der Waals surface area contributed by atoms with Crippen LogP contribution in [0, 0.1) is 0 Å². The van der Waals surface area contributed by atoms with Crippen LogP contribution in [0.3, 0.4) is 0 Å². The van der Waals surface area contributed by atoms with E-state index in [0.717, 1.165) is 55.4 Å². The lowest BCUT2D eigenvalue weighted by atomic mass is 9.96. The molecule has 0 radical (unpaired) electrons. The molecular weight excluding hydrogens is 330 g/mol. The maximum absolute atomic E-state index is 12.5. The average molecular weight is 355 g/mol. The molecule has 0 bridgehead atoms. The van der Waals surface area contributed by atoms with Gasteiger partial charge in [0, 0.05) is 31.3 Å². The van der Waals surface area contributed by atoms with Crippen molar-refractivity contribution in [3.05, 3.63) is 41.6 Å². The van der Waals surface area contributed by atoms with Gasteiger partial charge in [0.15, 0.2) is 0 Å². The van der Waals surface area contributed by atoms with Gasteiger partial charge < -0.3 is 14.1 Å². The molecule has 26 heavy (non-hydrogen) atoms. The molecule has 6 heteroatoms. The van der Waals surface area contributed by atoms with Crippen LogP contribution in [0.25, 0.3) is 0 Å². The number of amides is 1. The Labute approximate surface area is 153 Å². The van der Waals surface area contributed by atoms with E-state index in [1.807, 2.05) is 29.2 Å². The fourth-order valence-electron chi connectivity index (χ4n) is 3.48. The Hall–Kier alpha value is -2.37. The number of rotatable bonds is 6. The molecule has 1 aliphatic carbocycles. The Bertz CT molecular complexity index is 744. The van der Waals surface area contributed by atoms with E-state index in [9.17, 15) is 4.79 Å². The fraction of sp³-hybridized carbons (Fsp3) is 0.550. The molecule has 1 amide bonds. The highest BCUT2D eigenvalue weighted by molar-refractivity contribution is 5.76. The summed E-state index contributed by atoms with van der Waals surface area (Å²) in [5.74, 6) is 3.42.